The van der Waals surface area contributed by atoms with Crippen LogP contribution in [-0.4, -0.2) is 34.5 Å². The van der Waals surface area contributed by atoms with Gasteiger partial charge in [0.2, 0.25) is 0 Å². The Morgan fingerprint density at radius 1 is 1.53 bits per heavy atom. The largest absolute Gasteiger partial charge is 0.462 e. The zero-order valence-corrected chi connectivity index (χ0v) is 10.5. The van der Waals surface area contributed by atoms with E-state index >= 15 is 0 Å². The van der Waals surface area contributed by atoms with Gasteiger partial charge in [-0.05, 0) is 6.42 Å². The number of cyclic esters (lactones) is 1. The maximum absolute atomic E-state index is 11.0. The molecule has 0 aromatic heterocycles. The maximum atomic E-state index is 11.0. The van der Waals surface area contributed by atoms with E-state index in [1.807, 2.05) is 13.8 Å². The summed E-state index contributed by atoms with van der Waals surface area (Å²) >= 11 is 0. The Morgan fingerprint density at radius 2 is 2.24 bits per heavy atom. The van der Waals surface area contributed by atoms with Crippen molar-refractivity contribution in [3.8, 4) is 0 Å². The predicted octanol–water partition coefficient (Wildman–Crippen LogP) is 1.41. The van der Waals surface area contributed by atoms with Crippen molar-refractivity contribution in [3.05, 3.63) is 12.2 Å². The molecular formula is C13H22O4. The van der Waals surface area contributed by atoms with E-state index in [0.29, 0.717) is 19.3 Å². The lowest BCUT2D eigenvalue weighted by molar-refractivity contribution is -0.141. The van der Waals surface area contributed by atoms with Crippen LogP contribution in [0.25, 0.3) is 0 Å². The van der Waals surface area contributed by atoms with Gasteiger partial charge in [0.25, 0.3) is 0 Å². The number of ether oxygens (including phenoxy) is 1. The zero-order valence-electron chi connectivity index (χ0n) is 10.5. The number of rotatable bonds is 6. The van der Waals surface area contributed by atoms with Crippen molar-refractivity contribution in [2.45, 2.75) is 57.8 Å². The summed E-state index contributed by atoms with van der Waals surface area (Å²) in [4.78, 5) is 11.0. The molecule has 4 nitrogen and oxygen atoms in total. The third kappa shape index (κ3) is 4.48. The average molecular weight is 242 g/mol. The number of esters is 1. The van der Waals surface area contributed by atoms with E-state index in [0.717, 1.165) is 6.42 Å². The molecule has 98 valence electrons. The molecule has 0 radical (unpaired) electrons. The van der Waals surface area contributed by atoms with Crippen molar-refractivity contribution in [2.24, 2.45) is 5.92 Å². The zero-order chi connectivity index (χ0) is 12.8. The Balaban J connectivity index is 2.32. The van der Waals surface area contributed by atoms with Crippen molar-refractivity contribution in [1.29, 1.82) is 0 Å². The van der Waals surface area contributed by atoms with Crippen molar-refractivity contribution < 1.29 is 19.7 Å². The first kappa shape index (κ1) is 14.2. The molecule has 1 aliphatic rings. The normalized spacial score (nSPS) is 28.4. The van der Waals surface area contributed by atoms with Crippen LogP contribution in [0.3, 0.4) is 0 Å². The van der Waals surface area contributed by atoms with Crippen LogP contribution in [-0.2, 0) is 9.53 Å². The van der Waals surface area contributed by atoms with E-state index in [1.165, 1.54) is 0 Å². The molecule has 1 rings (SSSR count). The molecule has 4 atom stereocenters. The van der Waals surface area contributed by atoms with Gasteiger partial charge in [-0.1, -0.05) is 32.4 Å². The summed E-state index contributed by atoms with van der Waals surface area (Å²) in [6.07, 6.45) is 4.23. The quantitative estimate of drug-likeness (QED) is 0.546. The second kappa shape index (κ2) is 6.77. The van der Waals surface area contributed by atoms with Crippen LogP contribution in [0.2, 0.25) is 0 Å². The number of aliphatic hydroxyl groups is 2. The smallest absolute Gasteiger partial charge is 0.306 e. The van der Waals surface area contributed by atoms with Crippen molar-refractivity contribution in [3.63, 3.8) is 0 Å². The SMILES string of the molecule is CCC[C@H](O)[C@@H](O)/C=C\C[C@@H]1OC(=O)C[C@H]1C. The monoisotopic (exact) mass is 242 g/mol. The minimum absolute atomic E-state index is 0.0886. The Morgan fingerprint density at radius 3 is 2.76 bits per heavy atom. The van der Waals surface area contributed by atoms with E-state index in [1.54, 1.807) is 12.2 Å². The van der Waals surface area contributed by atoms with Gasteiger partial charge in [0, 0.05) is 12.3 Å². The van der Waals surface area contributed by atoms with Gasteiger partial charge in [0.1, 0.15) is 6.10 Å². The average Bonchev–Trinajstić information content (AvgIpc) is 2.57. The minimum Gasteiger partial charge on any atom is -0.462 e. The Labute approximate surface area is 102 Å². The second-order valence-corrected chi connectivity index (χ2v) is 4.72. The molecule has 1 saturated heterocycles. The van der Waals surface area contributed by atoms with E-state index in [4.69, 9.17) is 4.74 Å². The lowest BCUT2D eigenvalue weighted by Gasteiger charge is -2.14. The standard InChI is InChI=1S/C13H22O4/c1-3-5-10(14)11(15)6-4-7-12-9(2)8-13(16)17-12/h4,6,9-12,14-15H,3,5,7-8H2,1-2H3/b6-4-/t9-,10+,11+,12+/m1/s1. The van der Waals surface area contributed by atoms with E-state index in [2.05, 4.69) is 0 Å². The first-order valence-corrected chi connectivity index (χ1v) is 6.26. The fourth-order valence-corrected chi connectivity index (χ4v) is 1.95. The highest BCUT2D eigenvalue weighted by Gasteiger charge is 2.30. The highest BCUT2D eigenvalue weighted by molar-refractivity contribution is 5.72. The maximum Gasteiger partial charge on any atom is 0.306 e. The van der Waals surface area contributed by atoms with Gasteiger partial charge in [-0.2, -0.15) is 0 Å². The van der Waals surface area contributed by atoms with Crippen molar-refractivity contribution >= 4 is 5.97 Å². The van der Waals surface area contributed by atoms with Crippen molar-refractivity contribution in [1.82, 2.24) is 0 Å². The highest BCUT2D eigenvalue weighted by Crippen LogP contribution is 2.24. The number of carbonyl (C=O) groups excluding carboxylic acids is 1. The van der Waals surface area contributed by atoms with Crippen LogP contribution < -0.4 is 0 Å². The molecule has 0 spiro atoms. The van der Waals surface area contributed by atoms with Gasteiger partial charge in [-0.25, -0.2) is 0 Å². The fraction of sp³-hybridized carbons (Fsp3) is 0.769. The highest BCUT2D eigenvalue weighted by atomic mass is 16.5. The van der Waals surface area contributed by atoms with E-state index < -0.39 is 12.2 Å². The summed E-state index contributed by atoms with van der Waals surface area (Å²) in [6.45, 7) is 3.94. The third-order valence-electron chi connectivity index (χ3n) is 3.09. The summed E-state index contributed by atoms with van der Waals surface area (Å²) in [5.74, 6) is 0.0762. The molecule has 0 saturated carbocycles. The molecule has 4 heteroatoms. The molecule has 1 aliphatic heterocycles. The molecule has 0 aliphatic carbocycles. The van der Waals surface area contributed by atoms with Gasteiger partial charge in [0.15, 0.2) is 0 Å². The summed E-state index contributed by atoms with van der Waals surface area (Å²) in [5, 5.41) is 19.1. The molecular weight excluding hydrogens is 220 g/mol. The molecule has 1 fully saturated rings. The van der Waals surface area contributed by atoms with Crippen LogP contribution in [0.15, 0.2) is 12.2 Å². The molecule has 0 unspecified atom stereocenters. The Kier molecular flexibility index (Phi) is 5.65. The first-order valence-electron chi connectivity index (χ1n) is 6.26. The third-order valence-corrected chi connectivity index (χ3v) is 3.09. The number of hydrogen-bond donors (Lipinski definition) is 2. The topological polar surface area (TPSA) is 66.8 Å². The molecule has 0 bridgehead atoms. The van der Waals surface area contributed by atoms with Crippen LogP contribution in [0.1, 0.15) is 39.5 Å². The van der Waals surface area contributed by atoms with Gasteiger partial charge in [0.05, 0.1) is 18.6 Å². The predicted molar refractivity (Wildman–Crippen MR) is 64.3 cm³/mol. The lowest BCUT2D eigenvalue weighted by atomic mass is 10.0. The molecule has 1 heterocycles. The summed E-state index contributed by atoms with van der Waals surface area (Å²) in [5.41, 5.74) is 0. The summed E-state index contributed by atoms with van der Waals surface area (Å²) in [7, 11) is 0. The number of carbonyl (C=O) groups is 1. The first-order chi connectivity index (χ1) is 8.04. The van der Waals surface area contributed by atoms with Gasteiger partial charge in [-0.15, -0.1) is 0 Å². The summed E-state index contributed by atoms with van der Waals surface area (Å²) < 4.78 is 5.13. The number of hydrogen-bond acceptors (Lipinski definition) is 4. The van der Waals surface area contributed by atoms with Crippen molar-refractivity contribution in [2.75, 3.05) is 0 Å². The minimum atomic E-state index is -0.831. The lowest BCUT2D eigenvalue weighted by Crippen LogP contribution is -2.23. The molecule has 17 heavy (non-hydrogen) atoms. The Bertz CT molecular complexity index is 275. The second-order valence-electron chi connectivity index (χ2n) is 4.72. The Hall–Kier alpha value is -0.870. The molecule has 2 N–H and O–H groups in total. The van der Waals surface area contributed by atoms with Crippen LogP contribution in [0.4, 0.5) is 0 Å². The molecule has 0 aromatic carbocycles. The van der Waals surface area contributed by atoms with Gasteiger partial charge < -0.3 is 14.9 Å². The van der Waals surface area contributed by atoms with E-state index in [9.17, 15) is 15.0 Å². The van der Waals surface area contributed by atoms with Gasteiger partial charge >= 0.3 is 5.97 Å². The van der Waals surface area contributed by atoms with Crippen LogP contribution >= 0.6 is 0 Å². The van der Waals surface area contributed by atoms with Crippen LogP contribution in [0, 0.1) is 5.92 Å². The number of aliphatic hydroxyl groups excluding tert-OH is 2. The van der Waals surface area contributed by atoms with Gasteiger partial charge in [-0.3, -0.25) is 4.79 Å². The summed E-state index contributed by atoms with van der Waals surface area (Å²) in [6, 6.07) is 0. The molecule has 0 aromatic rings. The van der Waals surface area contributed by atoms with Crippen LogP contribution in [0.5, 0.6) is 0 Å². The molecule has 0 amide bonds. The van der Waals surface area contributed by atoms with E-state index in [-0.39, 0.29) is 18.0 Å². The fourth-order valence-electron chi connectivity index (χ4n) is 1.95.